The average molecular weight is 408 g/mol. The van der Waals surface area contributed by atoms with Gasteiger partial charge in [-0.3, -0.25) is 14.9 Å². The summed E-state index contributed by atoms with van der Waals surface area (Å²) in [5.74, 6) is 0.531. The normalized spacial score (nSPS) is 10.8. The van der Waals surface area contributed by atoms with E-state index in [1.54, 1.807) is 25.3 Å². The number of aromatic amines is 1. The SMILES string of the molecule is COc1ccc(-c2cc(C(=O)NCCN(C)C)c(-c3ccc([N+](=O)[O-])cc3)[nH]2)cc1. The molecule has 0 bridgehead atoms. The Morgan fingerprint density at radius 3 is 2.30 bits per heavy atom. The molecule has 3 rings (SSSR count). The topological polar surface area (TPSA) is 100 Å². The molecule has 0 atom stereocenters. The second kappa shape index (κ2) is 9.23. The van der Waals surface area contributed by atoms with Gasteiger partial charge in [-0.25, -0.2) is 0 Å². The standard InChI is InChI=1S/C22H24N4O4/c1-25(2)13-12-23-22(27)19-14-20(15-6-10-18(30-3)11-7-15)24-21(19)16-4-8-17(9-5-16)26(28)29/h4-11,14,24H,12-13H2,1-3H3,(H,23,27). The molecule has 0 aliphatic heterocycles. The zero-order valence-electron chi connectivity index (χ0n) is 17.1. The van der Waals surface area contributed by atoms with Crippen LogP contribution in [0.4, 0.5) is 5.69 Å². The molecule has 0 aliphatic rings. The molecule has 0 unspecified atom stereocenters. The first-order valence-electron chi connectivity index (χ1n) is 9.44. The van der Waals surface area contributed by atoms with Crippen molar-refractivity contribution in [2.75, 3.05) is 34.3 Å². The first kappa shape index (κ1) is 21.1. The Balaban J connectivity index is 1.98. The molecule has 0 aliphatic carbocycles. The number of nitrogens with one attached hydrogen (secondary N) is 2. The van der Waals surface area contributed by atoms with Crippen LogP contribution in [-0.4, -0.2) is 55.0 Å². The molecule has 2 aromatic carbocycles. The van der Waals surface area contributed by atoms with Gasteiger partial charge >= 0.3 is 0 Å². The molecule has 0 radical (unpaired) electrons. The number of hydrogen-bond donors (Lipinski definition) is 2. The fraction of sp³-hybridized carbons (Fsp3) is 0.227. The van der Waals surface area contributed by atoms with Crippen LogP contribution in [0.5, 0.6) is 5.75 Å². The van der Waals surface area contributed by atoms with Gasteiger partial charge in [0.25, 0.3) is 11.6 Å². The van der Waals surface area contributed by atoms with Crippen molar-refractivity contribution in [3.8, 4) is 28.3 Å². The molecule has 1 aromatic heterocycles. The summed E-state index contributed by atoms with van der Waals surface area (Å²) in [6, 6.07) is 15.4. The molecule has 8 heteroatoms. The lowest BCUT2D eigenvalue weighted by atomic mass is 10.1. The third kappa shape index (κ3) is 4.84. The molecule has 8 nitrogen and oxygen atoms in total. The lowest BCUT2D eigenvalue weighted by Gasteiger charge is -2.10. The number of H-pyrrole nitrogens is 1. The van der Waals surface area contributed by atoms with E-state index in [1.807, 2.05) is 43.3 Å². The predicted molar refractivity (Wildman–Crippen MR) is 116 cm³/mol. The molecule has 0 fully saturated rings. The maximum atomic E-state index is 12.9. The van der Waals surface area contributed by atoms with Crippen LogP contribution >= 0.6 is 0 Å². The number of likely N-dealkylation sites (N-methyl/N-ethyl adjacent to an activating group) is 1. The summed E-state index contributed by atoms with van der Waals surface area (Å²) in [5.41, 5.74) is 3.44. The maximum Gasteiger partial charge on any atom is 0.269 e. The third-order valence-electron chi connectivity index (χ3n) is 4.67. The number of amides is 1. The summed E-state index contributed by atoms with van der Waals surface area (Å²) in [4.78, 5) is 28.7. The van der Waals surface area contributed by atoms with Crippen molar-refractivity contribution in [2.45, 2.75) is 0 Å². The van der Waals surface area contributed by atoms with Gasteiger partial charge in [-0.05, 0) is 67.7 Å². The predicted octanol–water partition coefficient (Wildman–Crippen LogP) is 3.56. The zero-order valence-corrected chi connectivity index (χ0v) is 17.1. The number of nitro groups is 1. The first-order valence-corrected chi connectivity index (χ1v) is 9.44. The van der Waals surface area contributed by atoms with Gasteiger partial charge in [0, 0.05) is 30.9 Å². The number of hydrogen-bond acceptors (Lipinski definition) is 5. The van der Waals surface area contributed by atoms with Crippen molar-refractivity contribution in [3.05, 3.63) is 70.3 Å². The molecule has 1 amide bonds. The summed E-state index contributed by atoms with van der Waals surface area (Å²) in [5, 5.41) is 13.9. The second-order valence-electron chi connectivity index (χ2n) is 7.06. The number of carbonyl (C=O) groups is 1. The Morgan fingerprint density at radius 1 is 1.10 bits per heavy atom. The Bertz CT molecular complexity index is 1020. The summed E-state index contributed by atoms with van der Waals surface area (Å²) in [7, 11) is 5.48. The van der Waals surface area contributed by atoms with E-state index < -0.39 is 4.92 Å². The molecule has 3 aromatic rings. The summed E-state index contributed by atoms with van der Waals surface area (Å²) in [6.07, 6.45) is 0. The monoisotopic (exact) mass is 408 g/mol. The lowest BCUT2D eigenvalue weighted by molar-refractivity contribution is -0.384. The van der Waals surface area contributed by atoms with E-state index in [0.717, 1.165) is 17.0 Å². The Kier molecular flexibility index (Phi) is 6.48. The van der Waals surface area contributed by atoms with Gasteiger partial charge < -0.3 is 19.9 Å². The number of rotatable bonds is 8. The van der Waals surface area contributed by atoms with E-state index >= 15 is 0 Å². The lowest BCUT2D eigenvalue weighted by Crippen LogP contribution is -2.31. The fourth-order valence-corrected chi connectivity index (χ4v) is 3.03. The van der Waals surface area contributed by atoms with E-state index in [1.165, 1.54) is 12.1 Å². The van der Waals surface area contributed by atoms with Crippen molar-refractivity contribution in [3.63, 3.8) is 0 Å². The minimum absolute atomic E-state index is 0.00216. The van der Waals surface area contributed by atoms with Crippen LogP contribution in [-0.2, 0) is 0 Å². The summed E-state index contributed by atoms with van der Waals surface area (Å²) >= 11 is 0. The number of nitrogens with zero attached hydrogens (tertiary/aromatic N) is 2. The van der Waals surface area contributed by atoms with Crippen LogP contribution < -0.4 is 10.1 Å². The van der Waals surface area contributed by atoms with Gasteiger partial charge in [0.2, 0.25) is 0 Å². The number of non-ortho nitro benzene ring substituents is 1. The highest BCUT2D eigenvalue weighted by molar-refractivity contribution is 6.01. The van der Waals surface area contributed by atoms with Crippen molar-refractivity contribution >= 4 is 11.6 Å². The maximum absolute atomic E-state index is 12.9. The Hall–Kier alpha value is -3.65. The van der Waals surface area contributed by atoms with Gasteiger partial charge in [0.1, 0.15) is 5.75 Å². The molecule has 156 valence electrons. The number of ether oxygens (including phenoxy) is 1. The van der Waals surface area contributed by atoms with Gasteiger partial charge in [0.05, 0.1) is 23.3 Å². The average Bonchev–Trinajstić information content (AvgIpc) is 3.19. The Labute approximate surface area is 174 Å². The fourth-order valence-electron chi connectivity index (χ4n) is 3.03. The molecule has 0 spiro atoms. The minimum Gasteiger partial charge on any atom is -0.497 e. The second-order valence-corrected chi connectivity index (χ2v) is 7.06. The van der Waals surface area contributed by atoms with Crippen molar-refractivity contribution in [2.24, 2.45) is 0 Å². The van der Waals surface area contributed by atoms with Crippen LogP contribution in [0.1, 0.15) is 10.4 Å². The minimum atomic E-state index is -0.448. The molecular formula is C22H24N4O4. The third-order valence-corrected chi connectivity index (χ3v) is 4.67. The van der Waals surface area contributed by atoms with E-state index in [0.29, 0.717) is 29.9 Å². The van der Waals surface area contributed by atoms with Crippen LogP contribution in [0.25, 0.3) is 22.5 Å². The Morgan fingerprint density at radius 2 is 1.73 bits per heavy atom. The molecular weight excluding hydrogens is 384 g/mol. The highest BCUT2D eigenvalue weighted by atomic mass is 16.6. The van der Waals surface area contributed by atoms with E-state index in [-0.39, 0.29) is 11.6 Å². The molecule has 0 saturated carbocycles. The number of benzene rings is 2. The smallest absolute Gasteiger partial charge is 0.269 e. The van der Waals surface area contributed by atoms with Crippen LogP contribution in [0.2, 0.25) is 0 Å². The molecule has 1 heterocycles. The quantitative estimate of drug-likeness (QED) is 0.438. The van der Waals surface area contributed by atoms with Crippen LogP contribution in [0.3, 0.4) is 0 Å². The van der Waals surface area contributed by atoms with Gasteiger partial charge in [-0.1, -0.05) is 0 Å². The summed E-state index contributed by atoms with van der Waals surface area (Å²) in [6.45, 7) is 1.23. The van der Waals surface area contributed by atoms with Gasteiger partial charge in [-0.15, -0.1) is 0 Å². The molecule has 30 heavy (non-hydrogen) atoms. The van der Waals surface area contributed by atoms with E-state index in [2.05, 4.69) is 10.3 Å². The van der Waals surface area contributed by atoms with Gasteiger partial charge in [0.15, 0.2) is 0 Å². The number of nitro benzene ring substituents is 1. The number of aromatic nitrogens is 1. The van der Waals surface area contributed by atoms with Crippen LogP contribution in [0.15, 0.2) is 54.6 Å². The van der Waals surface area contributed by atoms with Gasteiger partial charge in [-0.2, -0.15) is 0 Å². The highest BCUT2D eigenvalue weighted by Crippen LogP contribution is 2.31. The van der Waals surface area contributed by atoms with Crippen LogP contribution in [0, 0.1) is 10.1 Å². The van der Waals surface area contributed by atoms with E-state index in [4.69, 9.17) is 4.74 Å². The molecule has 2 N–H and O–H groups in total. The largest absolute Gasteiger partial charge is 0.497 e. The zero-order chi connectivity index (χ0) is 21.7. The van der Waals surface area contributed by atoms with E-state index in [9.17, 15) is 14.9 Å². The number of carbonyl (C=O) groups excluding carboxylic acids is 1. The van der Waals surface area contributed by atoms with Crippen molar-refractivity contribution in [1.82, 2.24) is 15.2 Å². The first-order chi connectivity index (χ1) is 14.4. The van der Waals surface area contributed by atoms with Crippen molar-refractivity contribution < 1.29 is 14.5 Å². The van der Waals surface area contributed by atoms with Crippen molar-refractivity contribution in [1.29, 1.82) is 0 Å². The highest BCUT2D eigenvalue weighted by Gasteiger charge is 2.18. The number of methoxy groups -OCH3 is 1. The summed E-state index contributed by atoms with van der Waals surface area (Å²) < 4.78 is 5.20. The molecule has 0 saturated heterocycles.